The van der Waals surface area contributed by atoms with E-state index in [1.165, 1.54) is 11.8 Å². The van der Waals surface area contributed by atoms with Gasteiger partial charge in [-0.15, -0.1) is 11.8 Å². The summed E-state index contributed by atoms with van der Waals surface area (Å²) in [5, 5.41) is 0. The summed E-state index contributed by atoms with van der Waals surface area (Å²) >= 11 is 1.39. The maximum atomic E-state index is 11.2. The van der Waals surface area contributed by atoms with Crippen molar-refractivity contribution in [1.82, 2.24) is 4.90 Å². The minimum atomic E-state index is -0.251. The highest BCUT2D eigenvalue weighted by Crippen LogP contribution is 2.13. The lowest BCUT2D eigenvalue weighted by Crippen LogP contribution is -2.10. The van der Waals surface area contributed by atoms with Gasteiger partial charge in [0.15, 0.2) is 0 Å². The highest BCUT2D eigenvalue weighted by molar-refractivity contribution is 8.03. The Hall–Kier alpha value is -0.640. The van der Waals surface area contributed by atoms with Gasteiger partial charge in [-0.1, -0.05) is 0 Å². The second-order valence-corrected chi connectivity index (χ2v) is 3.23. The van der Waals surface area contributed by atoms with E-state index in [1.807, 2.05) is 25.3 Å². The molecule has 0 amide bonds. The standard InChI is InChI=1S/C8H15NO2S/c1-5-11-8(10)7(12-4)6-9(2)3/h6H,5H2,1-4H3/b7-6+. The Morgan fingerprint density at radius 2 is 2.17 bits per heavy atom. The van der Waals surface area contributed by atoms with Crippen LogP contribution in [0.2, 0.25) is 0 Å². The molecule has 0 fully saturated rings. The molecular formula is C8H15NO2S. The zero-order valence-corrected chi connectivity index (χ0v) is 8.77. The van der Waals surface area contributed by atoms with E-state index < -0.39 is 0 Å². The Bertz CT molecular complexity index is 178. The summed E-state index contributed by atoms with van der Waals surface area (Å²) in [4.78, 5) is 13.6. The minimum Gasteiger partial charge on any atom is -0.462 e. The fraction of sp³-hybridized carbons (Fsp3) is 0.625. The smallest absolute Gasteiger partial charge is 0.346 e. The van der Waals surface area contributed by atoms with Crippen molar-refractivity contribution in [1.29, 1.82) is 0 Å². The van der Waals surface area contributed by atoms with Crippen molar-refractivity contribution in [2.45, 2.75) is 6.92 Å². The first-order valence-corrected chi connectivity index (χ1v) is 4.93. The molecule has 0 saturated heterocycles. The predicted octanol–water partition coefficient (Wildman–Crippen LogP) is 1.32. The van der Waals surface area contributed by atoms with Crippen LogP contribution in [0.4, 0.5) is 0 Å². The van der Waals surface area contributed by atoms with Crippen molar-refractivity contribution in [3.8, 4) is 0 Å². The number of thioether (sulfide) groups is 1. The van der Waals surface area contributed by atoms with Gasteiger partial charge in [0.05, 0.1) is 6.61 Å². The molecule has 0 aromatic carbocycles. The van der Waals surface area contributed by atoms with Crippen molar-refractivity contribution in [3.63, 3.8) is 0 Å². The van der Waals surface area contributed by atoms with Gasteiger partial charge in [0.25, 0.3) is 0 Å². The molecule has 12 heavy (non-hydrogen) atoms. The van der Waals surface area contributed by atoms with Gasteiger partial charge in [0.1, 0.15) is 4.91 Å². The third-order valence-corrected chi connectivity index (χ3v) is 1.78. The average molecular weight is 189 g/mol. The first kappa shape index (κ1) is 11.4. The first-order valence-electron chi connectivity index (χ1n) is 3.71. The molecule has 0 atom stereocenters. The molecular weight excluding hydrogens is 174 g/mol. The number of hydrogen-bond donors (Lipinski definition) is 0. The van der Waals surface area contributed by atoms with Gasteiger partial charge in [0.2, 0.25) is 0 Å². The predicted molar refractivity (Wildman–Crippen MR) is 51.9 cm³/mol. The largest absolute Gasteiger partial charge is 0.462 e. The zero-order valence-electron chi connectivity index (χ0n) is 7.96. The van der Waals surface area contributed by atoms with Gasteiger partial charge >= 0.3 is 5.97 Å². The van der Waals surface area contributed by atoms with Crippen molar-refractivity contribution >= 4 is 17.7 Å². The fourth-order valence-electron chi connectivity index (χ4n) is 0.625. The van der Waals surface area contributed by atoms with Gasteiger partial charge in [-0.2, -0.15) is 0 Å². The van der Waals surface area contributed by atoms with Gasteiger partial charge in [-0.25, -0.2) is 4.79 Å². The molecule has 0 aromatic heterocycles. The summed E-state index contributed by atoms with van der Waals surface area (Å²) in [5.41, 5.74) is 0. The van der Waals surface area contributed by atoms with Crippen LogP contribution in [0.5, 0.6) is 0 Å². The van der Waals surface area contributed by atoms with Gasteiger partial charge in [0, 0.05) is 20.3 Å². The quantitative estimate of drug-likeness (QED) is 0.493. The van der Waals surface area contributed by atoms with E-state index in [0.717, 1.165) is 0 Å². The van der Waals surface area contributed by atoms with Gasteiger partial charge in [-0.05, 0) is 13.2 Å². The minimum absolute atomic E-state index is 0.251. The third kappa shape index (κ3) is 4.28. The Morgan fingerprint density at radius 1 is 1.58 bits per heavy atom. The summed E-state index contributed by atoms with van der Waals surface area (Å²) < 4.78 is 4.84. The highest BCUT2D eigenvalue weighted by atomic mass is 32.2. The van der Waals surface area contributed by atoms with Crippen molar-refractivity contribution in [2.24, 2.45) is 0 Å². The van der Waals surface area contributed by atoms with Crippen LogP contribution < -0.4 is 0 Å². The van der Waals surface area contributed by atoms with Crippen LogP contribution in [-0.2, 0) is 9.53 Å². The lowest BCUT2D eigenvalue weighted by atomic mass is 10.6. The van der Waals surface area contributed by atoms with E-state index in [-0.39, 0.29) is 5.97 Å². The molecule has 0 saturated carbocycles. The fourth-order valence-corrected chi connectivity index (χ4v) is 1.17. The number of esters is 1. The average Bonchev–Trinajstić information content (AvgIpc) is 2.00. The molecule has 0 aliphatic heterocycles. The molecule has 0 heterocycles. The number of hydrogen-bond acceptors (Lipinski definition) is 4. The van der Waals surface area contributed by atoms with E-state index >= 15 is 0 Å². The Balaban J connectivity index is 4.23. The van der Waals surface area contributed by atoms with Crippen LogP contribution in [0.1, 0.15) is 6.92 Å². The summed E-state index contributed by atoms with van der Waals surface area (Å²) in [6.07, 6.45) is 3.61. The second kappa shape index (κ2) is 5.94. The Morgan fingerprint density at radius 3 is 2.50 bits per heavy atom. The number of rotatable bonds is 4. The maximum Gasteiger partial charge on any atom is 0.346 e. The molecule has 0 aliphatic carbocycles. The maximum absolute atomic E-state index is 11.2. The topological polar surface area (TPSA) is 29.5 Å². The molecule has 3 nitrogen and oxygen atoms in total. The molecule has 0 unspecified atom stereocenters. The van der Waals surface area contributed by atoms with Crippen LogP contribution in [0, 0.1) is 0 Å². The van der Waals surface area contributed by atoms with Crippen molar-refractivity contribution < 1.29 is 9.53 Å². The van der Waals surface area contributed by atoms with E-state index in [4.69, 9.17) is 4.74 Å². The summed E-state index contributed by atoms with van der Waals surface area (Å²) in [5.74, 6) is -0.251. The molecule has 0 aliphatic rings. The molecule has 0 bridgehead atoms. The van der Waals surface area contributed by atoms with E-state index in [0.29, 0.717) is 11.5 Å². The van der Waals surface area contributed by atoms with Crippen LogP contribution in [-0.4, -0.2) is 37.8 Å². The van der Waals surface area contributed by atoms with Gasteiger partial charge in [-0.3, -0.25) is 0 Å². The Kier molecular flexibility index (Phi) is 5.62. The zero-order chi connectivity index (χ0) is 9.56. The molecule has 0 rings (SSSR count). The van der Waals surface area contributed by atoms with Crippen LogP contribution in [0.25, 0.3) is 0 Å². The monoisotopic (exact) mass is 189 g/mol. The SMILES string of the molecule is CCOC(=O)/C(=C\N(C)C)SC. The van der Waals surface area contributed by atoms with Crippen LogP contribution in [0.3, 0.4) is 0 Å². The van der Waals surface area contributed by atoms with Crippen molar-refractivity contribution in [2.75, 3.05) is 27.0 Å². The normalized spacial score (nSPS) is 11.2. The van der Waals surface area contributed by atoms with E-state index in [2.05, 4.69) is 0 Å². The number of ether oxygens (including phenoxy) is 1. The van der Waals surface area contributed by atoms with E-state index in [9.17, 15) is 4.79 Å². The lowest BCUT2D eigenvalue weighted by Gasteiger charge is -2.08. The number of nitrogens with zero attached hydrogens (tertiary/aromatic N) is 1. The second-order valence-electron chi connectivity index (χ2n) is 2.38. The number of carbonyl (C=O) groups excluding carboxylic acids is 1. The summed E-state index contributed by atoms with van der Waals surface area (Å²) in [6, 6.07) is 0. The van der Waals surface area contributed by atoms with Crippen LogP contribution >= 0.6 is 11.8 Å². The van der Waals surface area contributed by atoms with E-state index in [1.54, 1.807) is 13.1 Å². The molecule has 4 heteroatoms. The van der Waals surface area contributed by atoms with Crippen LogP contribution in [0.15, 0.2) is 11.1 Å². The third-order valence-electron chi connectivity index (χ3n) is 1.07. The molecule has 0 spiro atoms. The lowest BCUT2D eigenvalue weighted by molar-refractivity contribution is -0.137. The van der Waals surface area contributed by atoms with Gasteiger partial charge < -0.3 is 9.64 Å². The highest BCUT2D eigenvalue weighted by Gasteiger charge is 2.08. The molecule has 0 aromatic rings. The summed E-state index contributed by atoms with van der Waals surface area (Å²) in [7, 11) is 3.74. The van der Waals surface area contributed by atoms with Crippen molar-refractivity contribution in [3.05, 3.63) is 11.1 Å². The first-order chi connectivity index (χ1) is 5.61. The molecule has 0 N–H and O–H groups in total. The number of carbonyl (C=O) groups is 1. The summed E-state index contributed by atoms with van der Waals surface area (Å²) in [6.45, 7) is 2.22. The molecule has 0 radical (unpaired) electrons. The Labute approximate surface area is 77.8 Å². The molecule has 70 valence electrons.